The van der Waals surface area contributed by atoms with E-state index in [0.29, 0.717) is 5.92 Å². The molecular formula is C17H25NO2. The summed E-state index contributed by atoms with van der Waals surface area (Å²) in [6.07, 6.45) is 3.27. The molecule has 1 aromatic carbocycles. The zero-order chi connectivity index (χ0) is 14.8. The van der Waals surface area contributed by atoms with Crippen LogP contribution in [0.25, 0.3) is 0 Å². The summed E-state index contributed by atoms with van der Waals surface area (Å²) in [7, 11) is 0. The summed E-state index contributed by atoms with van der Waals surface area (Å²) in [5.74, 6) is 0.714. The predicted octanol–water partition coefficient (Wildman–Crippen LogP) is 3.58. The normalized spacial score (nSPS) is 22.8. The quantitative estimate of drug-likeness (QED) is 0.885. The Labute approximate surface area is 121 Å². The molecule has 0 radical (unpaired) electrons. The number of amides is 1. The SMILES string of the molecule is CC(C)(C)C1CCCC1C(=O)Nc1ccc(CO)cc1. The fourth-order valence-electron chi connectivity index (χ4n) is 3.24. The smallest absolute Gasteiger partial charge is 0.227 e. The van der Waals surface area contributed by atoms with E-state index in [0.717, 1.165) is 30.5 Å². The van der Waals surface area contributed by atoms with Crippen LogP contribution < -0.4 is 5.32 Å². The molecule has 0 aromatic heterocycles. The number of carbonyl (C=O) groups is 1. The fourth-order valence-corrected chi connectivity index (χ4v) is 3.24. The number of rotatable bonds is 3. The van der Waals surface area contributed by atoms with E-state index in [1.807, 2.05) is 24.3 Å². The van der Waals surface area contributed by atoms with E-state index < -0.39 is 0 Å². The Balaban J connectivity index is 2.03. The maximum absolute atomic E-state index is 12.5. The second-order valence-corrected chi connectivity index (χ2v) is 6.85. The van der Waals surface area contributed by atoms with Gasteiger partial charge < -0.3 is 10.4 Å². The molecule has 1 saturated carbocycles. The fraction of sp³-hybridized carbons (Fsp3) is 0.588. The first-order valence-corrected chi connectivity index (χ1v) is 7.42. The highest BCUT2D eigenvalue weighted by molar-refractivity contribution is 5.93. The van der Waals surface area contributed by atoms with Gasteiger partial charge in [0.15, 0.2) is 0 Å². The van der Waals surface area contributed by atoms with Gasteiger partial charge in [0.2, 0.25) is 5.91 Å². The number of benzene rings is 1. The summed E-state index contributed by atoms with van der Waals surface area (Å²) in [5, 5.41) is 12.0. The lowest BCUT2D eigenvalue weighted by Gasteiger charge is -2.31. The number of nitrogens with one attached hydrogen (secondary N) is 1. The van der Waals surface area contributed by atoms with Crippen molar-refractivity contribution in [1.29, 1.82) is 0 Å². The number of carbonyl (C=O) groups excluding carboxylic acids is 1. The molecule has 2 rings (SSSR count). The number of hydrogen-bond acceptors (Lipinski definition) is 2. The third-order valence-electron chi connectivity index (χ3n) is 4.37. The minimum Gasteiger partial charge on any atom is -0.392 e. The van der Waals surface area contributed by atoms with Crippen molar-refractivity contribution in [3.8, 4) is 0 Å². The molecule has 3 heteroatoms. The molecule has 3 nitrogen and oxygen atoms in total. The molecule has 1 aromatic rings. The minimum absolute atomic E-state index is 0.0307. The van der Waals surface area contributed by atoms with E-state index >= 15 is 0 Å². The molecule has 1 aliphatic carbocycles. The summed E-state index contributed by atoms with van der Waals surface area (Å²) in [4.78, 5) is 12.5. The van der Waals surface area contributed by atoms with Gasteiger partial charge in [-0.3, -0.25) is 4.79 Å². The molecule has 1 amide bonds. The highest BCUT2D eigenvalue weighted by Gasteiger charge is 2.39. The molecule has 0 saturated heterocycles. The first kappa shape index (κ1) is 15.0. The Morgan fingerprint density at radius 2 is 1.90 bits per heavy atom. The largest absolute Gasteiger partial charge is 0.392 e. The van der Waals surface area contributed by atoms with Crippen LogP contribution in [0.3, 0.4) is 0 Å². The van der Waals surface area contributed by atoms with Crippen LogP contribution in [-0.2, 0) is 11.4 Å². The van der Waals surface area contributed by atoms with E-state index in [1.54, 1.807) is 0 Å². The molecular weight excluding hydrogens is 250 g/mol. The molecule has 2 unspecified atom stereocenters. The summed E-state index contributed by atoms with van der Waals surface area (Å²) in [6, 6.07) is 7.38. The van der Waals surface area contributed by atoms with Gasteiger partial charge in [0.1, 0.15) is 0 Å². The van der Waals surface area contributed by atoms with Gasteiger partial charge in [-0.25, -0.2) is 0 Å². The third-order valence-corrected chi connectivity index (χ3v) is 4.37. The molecule has 0 spiro atoms. The average Bonchev–Trinajstić information content (AvgIpc) is 2.89. The van der Waals surface area contributed by atoms with Gasteiger partial charge in [0.25, 0.3) is 0 Å². The van der Waals surface area contributed by atoms with Crippen molar-refractivity contribution in [2.75, 3.05) is 5.32 Å². The van der Waals surface area contributed by atoms with E-state index in [1.165, 1.54) is 0 Å². The van der Waals surface area contributed by atoms with Gasteiger partial charge in [-0.05, 0) is 41.9 Å². The van der Waals surface area contributed by atoms with E-state index in [2.05, 4.69) is 26.1 Å². The third kappa shape index (κ3) is 3.40. The highest BCUT2D eigenvalue weighted by atomic mass is 16.3. The Kier molecular flexibility index (Phi) is 4.48. The molecule has 1 fully saturated rings. The molecule has 2 N–H and O–H groups in total. The van der Waals surface area contributed by atoms with Crippen molar-refractivity contribution < 1.29 is 9.90 Å². The Morgan fingerprint density at radius 1 is 1.25 bits per heavy atom. The minimum atomic E-state index is 0.0307. The van der Waals surface area contributed by atoms with E-state index in [-0.39, 0.29) is 23.8 Å². The van der Waals surface area contributed by atoms with Gasteiger partial charge >= 0.3 is 0 Å². The zero-order valence-corrected chi connectivity index (χ0v) is 12.6. The molecule has 0 heterocycles. The van der Waals surface area contributed by atoms with Gasteiger partial charge in [-0.1, -0.05) is 39.3 Å². The van der Waals surface area contributed by atoms with Crippen molar-refractivity contribution in [3.63, 3.8) is 0 Å². The number of hydrogen-bond donors (Lipinski definition) is 2. The maximum Gasteiger partial charge on any atom is 0.227 e. The predicted molar refractivity (Wildman–Crippen MR) is 81.3 cm³/mol. The molecule has 110 valence electrons. The number of aliphatic hydroxyl groups excluding tert-OH is 1. The molecule has 0 bridgehead atoms. The Morgan fingerprint density at radius 3 is 2.45 bits per heavy atom. The van der Waals surface area contributed by atoms with Crippen molar-refractivity contribution >= 4 is 11.6 Å². The van der Waals surface area contributed by atoms with Crippen molar-refractivity contribution in [1.82, 2.24) is 0 Å². The van der Waals surface area contributed by atoms with Crippen molar-refractivity contribution in [3.05, 3.63) is 29.8 Å². The first-order valence-electron chi connectivity index (χ1n) is 7.42. The lowest BCUT2D eigenvalue weighted by Crippen LogP contribution is -2.32. The van der Waals surface area contributed by atoms with Gasteiger partial charge in [0, 0.05) is 11.6 Å². The van der Waals surface area contributed by atoms with Crippen molar-refractivity contribution in [2.24, 2.45) is 17.3 Å². The number of aliphatic hydroxyl groups is 1. The van der Waals surface area contributed by atoms with Crippen LogP contribution in [-0.4, -0.2) is 11.0 Å². The maximum atomic E-state index is 12.5. The topological polar surface area (TPSA) is 49.3 Å². The first-order chi connectivity index (χ1) is 9.41. The van der Waals surface area contributed by atoms with E-state index in [9.17, 15) is 4.79 Å². The summed E-state index contributed by atoms with van der Waals surface area (Å²) in [5.41, 5.74) is 1.85. The monoisotopic (exact) mass is 275 g/mol. The lowest BCUT2D eigenvalue weighted by molar-refractivity contribution is -0.122. The molecule has 20 heavy (non-hydrogen) atoms. The standard InChI is InChI=1S/C17H25NO2/c1-17(2,3)15-6-4-5-14(15)16(20)18-13-9-7-12(11-19)8-10-13/h7-10,14-15,19H,4-6,11H2,1-3H3,(H,18,20). The number of anilines is 1. The van der Waals surface area contributed by atoms with Crippen LogP contribution >= 0.6 is 0 Å². The van der Waals surface area contributed by atoms with E-state index in [4.69, 9.17) is 5.11 Å². The van der Waals surface area contributed by atoms with Crippen LogP contribution in [0.4, 0.5) is 5.69 Å². The van der Waals surface area contributed by atoms with Gasteiger partial charge in [0.05, 0.1) is 6.61 Å². The molecule has 1 aliphatic rings. The summed E-state index contributed by atoms with van der Waals surface area (Å²) >= 11 is 0. The Bertz CT molecular complexity index is 459. The van der Waals surface area contributed by atoms with Crippen LogP contribution in [0.5, 0.6) is 0 Å². The van der Waals surface area contributed by atoms with Crippen LogP contribution in [0.2, 0.25) is 0 Å². The van der Waals surface area contributed by atoms with Crippen molar-refractivity contribution in [2.45, 2.75) is 46.6 Å². The van der Waals surface area contributed by atoms with Gasteiger partial charge in [-0.2, -0.15) is 0 Å². The molecule has 2 atom stereocenters. The second kappa shape index (κ2) is 5.96. The van der Waals surface area contributed by atoms with Gasteiger partial charge in [-0.15, -0.1) is 0 Å². The van der Waals surface area contributed by atoms with Crippen LogP contribution in [0.15, 0.2) is 24.3 Å². The lowest BCUT2D eigenvalue weighted by atomic mass is 9.74. The van der Waals surface area contributed by atoms with Crippen LogP contribution in [0.1, 0.15) is 45.6 Å². The zero-order valence-electron chi connectivity index (χ0n) is 12.6. The molecule has 0 aliphatic heterocycles. The second-order valence-electron chi connectivity index (χ2n) is 6.85. The summed E-state index contributed by atoms with van der Waals surface area (Å²) < 4.78 is 0. The highest BCUT2D eigenvalue weighted by Crippen LogP contribution is 2.43. The average molecular weight is 275 g/mol. The van der Waals surface area contributed by atoms with Crippen LogP contribution in [0, 0.1) is 17.3 Å². The Hall–Kier alpha value is -1.35. The summed E-state index contributed by atoms with van der Waals surface area (Å²) in [6.45, 7) is 6.70.